The van der Waals surface area contributed by atoms with Gasteiger partial charge in [0, 0.05) is 11.6 Å². The van der Waals surface area contributed by atoms with E-state index in [1.807, 2.05) is 73.7 Å². The Hall–Kier alpha value is -2.67. The van der Waals surface area contributed by atoms with E-state index in [1.54, 1.807) is 0 Å². The molecule has 1 atom stereocenters. The number of hydrogen-bond acceptors (Lipinski definition) is 5. The number of aryl methyl sites for hydroxylation is 2. The Morgan fingerprint density at radius 1 is 1.03 bits per heavy atom. The quantitative estimate of drug-likeness (QED) is 0.101. The van der Waals surface area contributed by atoms with E-state index in [-0.39, 0.29) is 6.16 Å². The SMILES string of the molecule is C/C(=N\OCc1ccc(CNCCCP(=O)(O)O)cc1)C(Oc1ccc(C)c(C)c1)c1cccc(Cl)c1. The highest BCUT2D eigenvalue weighted by Gasteiger charge is 2.19. The van der Waals surface area contributed by atoms with Gasteiger partial charge in [-0.2, -0.15) is 0 Å². The molecule has 3 aromatic carbocycles. The lowest BCUT2D eigenvalue weighted by Gasteiger charge is -2.20. The Bertz CT molecular complexity index is 1240. The van der Waals surface area contributed by atoms with Crippen LogP contribution in [0.15, 0.2) is 71.9 Å². The highest BCUT2D eigenvalue weighted by Crippen LogP contribution is 2.34. The zero-order valence-corrected chi connectivity index (χ0v) is 23.0. The molecule has 0 aliphatic heterocycles. The van der Waals surface area contributed by atoms with Crippen molar-refractivity contribution in [3.63, 3.8) is 0 Å². The van der Waals surface area contributed by atoms with Crippen molar-refractivity contribution in [2.75, 3.05) is 12.7 Å². The molecule has 0 bridgehead atoms. The zero-order chi connectivity index (χ0) is 26.8. The number of nitrogens with one attached hydrogen (secondary N) is 1. The summed E-state index contributed by atoms with van der Waals surface area (Å²) in [6, 6.07) is 21.4. The van der Waals surface area contributed by atoms with Crippen LogP contribution in [0.4, 0.5) is 0 Å². The van der Waals surface area contributed by atoms with Crippen molar-refractivity contribution in [2.24, 2.45) is 5.16 Å². The number of rotatable bonds is 13. The maximum atomic E-state index is 10.9. The van der Waals surface area contributed by atoms with Gasteiger partial charge in [0.2, 0.25) is 0 Å². The molecule has 0 spiro atoms. The van der Waals surface area contributed by atoms with E-state index in [0.717, 1.165) is 28.0 Å². The molecule has 0 saturated heterocycles. The molecule has 0 heterocycles. The smallest absolute Gasteiger partial charge is 0.325 e. The molecule has 37 heavy (non-hydrogen) atoms. The van der Waals surface area contributed by atoms with Gasteiger partial charge >= 0.3 is 7.60 Å². The summed E-state index contributed by atoms with van der Waals surface area (Å²) in [6.45, 7) is 7.45. The summed E-state index contributed by atoms with van der Waals surface area (Å²) in [7, 11) is -3.93. The molecule has 0 radical (unpaired) electrons. The molecule has 9 heteroatoms. The number of hydrogen-bond donors (Lipinski definition) is 3. The lowest BCUT2D eigenvalue weighted by atomic mass is 10.1. The lowest BCUT2D eigenvalue weighted by Crippen LogP contribution is -2.17. The first-order valence-electron chi connectivity index (χ1n) is 12.1. The zero-order valence-electron chi connectivity index (χ0n) is 21.4. The topological polar surface area (TPSA) is 100 Å². The number of benzene rings is 3. The van der Waals surface area contributed by atoms with Crippen LogP contribution in [-0.4, -0.2) is 28.2 Å². The van der Waals surface area contributed by atoms with Crippen LogP contribution >= 0.6 is 19.2 Å². The number of ether oxygens (including phenoxy) is 1. The van der Waals surface area contributed by atoms with Gasteiger partial charge in [0.1, 0.15) is 12.4 Å². The fourth-order valence-corrected chi connectivity index (χ4v) is 4.41. The summed E-state index contributed by atoms with van der Waals surface area (Å²) in [6.07, 6.45) is -0.138. The second kappa shape index (κ2) is 13.8. The Labute approximate surface area is 223 Å². The van der Waals surface area contributed by atoms with Crippen molar-refractivity contribution >= 4 is 24.9 Å². The normalized spacial score (nSPS) is 12.9. The van der Waals surface area contributed by atoms with E-state index in [4.69, 9.17) is 31.0 Å². The monoisotopic (exact) mass is 544 g/mol. The van der Waals surface area contributed by atoms with Crippen LogP contribution in [0.1, 0.15) is 47.3 Å². The van der Waals surface area contributed by atoms with Crippen molar-refractivity contribution in [1.29, 1.82) is 0 Å². The summed E-state index contributed by atoms with van der Waals surface area (Å²) in [5, 5.41) is 8.16. The van der Waals surface area contributed by atoms with Crippen molar-refractivity contribution in [3.05, 3.63) is 99.6 Å². The summed E-state index contributed by atoms with van der Waals surface area (Å²) >= 11 is 6.24. The third kappa shape index (κ3) is 9.95. The Morgan fingerprint density at radius 2 is 1.76 bits per heavy atom. The molecule has 0 aromatic heterocycles. The van der Waals surface area contributed by atoms with Gasteiger partial charge in [-0.25, -0.2) is 0 Å². The average Bonchev–Trinajstić information content (AvgIpc) is 2.84. The minimum atomic E-state index is -3.93. The first-order chi connectivity index (χ1) is 17.6. The molecular weight excluding hydrogens is 511 g/mol. The third-order valence-corrected chi connectivity index (χ3v) is 6.99. The minimum absolute atomic E-state index is 0.107. The molecule has 7 nitrogen and oxygen atoms in total. The average molecular weight is 545 g/mol. The molecule has 3 aromatic rings. The van der Waals surface area contributed by atoms with E-state index in [2.05, 4.69) is 24.3 Å². The van der Waals surface area contributed by atoms with E-state index < -0.39 is 13.7 Å². The Morgan fingerprint density at radius 3 is 2.43 bits per heavy atom. The van der Waals surface area contributed by atoms with Crippen molar-refractivity contribution < 1.29 is 23.9 Å². The Kier molecular flexibility index (Phi) is 10.7. The third-order valence-electron chi connectivity index (χ3n) is 5.86. The predicted octanol–water partition coefficient (Wildman–Crippen LogP) is 6.33. The molecule has 1 unspecified atom stereocenters. The van der Waals surface area contributed by atoms with Gasteiger partial charge in [0.25, 0.3) is 0 Å². The molecular formula is C28H34ClN2O5P. The van der Waals surface area contributed by atoms with E-state index in [1.165, 1.54) is 5.56 Å². The fraction of sp³-hybridized carbons (Fsp3) is 0.321. The molecule has 0 fully saturated rings. The van der Waals surface area contributed by atoms with Gasteiger partial charge in [0.15, 0.2) is 6.10 Å². The molecule has 0 saturated carbocycles. The van der Waals surface area contributed by atoms with Crippen LogP contribution in [0.3, 0.4) is 0 Å². The van der Waals surface area contributed by atoms with E-state index in [9.17, 15) is 4.57 Å². The van der Waals surface area contributed by atoms with Crippen LogP contribution in [0.2, 0.25) is 5.02 Å². The number of oxime groups is 1. The predicted molar refractivity (Wildman–Crippen MR) is 148 cm³/mol. The lowest BCUT2D eigenvalue weighted by molar-refractivity contribution is 0.125. The van der Waals surface area contributed by atoms with Crippen molar-refractivity contribution in [3.8, 4) is 5.75 Å². The first kappa shape index (κ1) is 28.9. The molecule has 3 rings (SSSR count). The van der Waals surface area contributed by atoms with Crippen LogP contribution in [0, 0.1) is 13.8 Å². The van der Waals surface area contributed by atoms with Gasteiger partial charge in [-0.15, -0.1) is 0 Å². The molecule has 3 N–H and O–H groups in total. The van der Waals surface area contributed by atoms with Crippen molar-refractivity contribution in [1.82, 2.24) is 5.32 Å². The second-order valence-electron chi connectivity index (χ2n) is 9.04. The standard InChI is InChI=1S/C28H34ClN2O5P/c1-20-8-13-27(16-21(20)2)36-28(25-6-4-7-26(29)17-25)22(3)31-35-19-24-11-9-23(10-12-24)18-30-14-5-15-37(32,33)34/h4,6-13,16-17,28,30H,5,14-15,18-19H2,1-3H3,(H2,32,33,34)/b31-22+. The van der Waals surface area contributed by atoms with Gasteiger partial charge in [-0.05, 0) is 85.8 Å². The minimum Gasteiger partial charge on any atom is -0.480 e. The molecule has 0 aliphatic carbocycles. The summed E-state index contributed by atoms with van der Waals surface area (Å²) in [4.78, 5) is 23.5. The molecule has 198 valence electrons. The summed E-state index contributed by atoms with van der Waals surface area (Å²) < 4.78 is 17.2. The fourth-order valence-electron chi connectivity index (χ4n) is 3.64. The van der Waals surface area contributed by atoms with Gasteiger partial charge in [-0.1, -0.05) is 59.2 Å². The maximum Gasteiger partial charge on any atom is 0.325 e. The van der Waals surface area contributed by atoms with Crippen molar-refractivity contribution in [2.45, 2.75) is 46.4 Å². The van der Waals surface area contributed by atoms with E-state index in [0.29, 0.717) is 36.9 Å². The highest BCUT2D eigenvalue weighted by atomic mass is 35.5. The Balaban J connectivity index is 1.59. The number of nitrogens with zero attached hydrogens (tertiary/aromatic N) is 1. The van der Waals surface area contributed by atoms with E-state index >= 15 is 0 Å². The maximum absolute atomic E-state index is 10.9. The first-order valence-corrected chi connectivity index (χ1v) is 14.3. The second-order valence-corrected chi connectivity index (χ2v) is 11.3. The largest absolute Gasteiger partial charge is 0.480 e. The van der Waals surface area contributed by atoms with Crippen LogP contribution < -0.4 is 10.1 Å². The van der Waals surface area contributed by atoms with Gasteiger partial charge < -0.3 is 24.7 Å². The molecule has 0 amide bonds. The van der Waals surface area contributed by atoms with Crippen LogP contribution in [0.25, 0.3) is 0 Å². The van der Waals surface area contributed by atoms with Gasteiger partial charge in [-0.3, -0.25) is 4.57 Å². The van der Waals surface area contributed by atoms with Crippen LogP contribution in [-0.2, 0) is 22.6 Å². The van der Waals surface area contributed by atoms with Crippen LogP contribution in [0.5, 0.6) is 5.75 Å². The highest BCUT2D eigenvalue weighted by molar-refractivity contribution is 7.51. The molecule has 0 aliphatic rings. The van der Waals surface area contributed by atoms with Gasteiger partial charge in [0.05, 0.1) is 11.9 Å². The number of halogens is 1. The summed E-state index contributed by atoms with van der Waals surface area (Å²) in [5.41, 5.74) is 5.93. The summed E-state index contributed by atoms with van der Waals surface area (Å²) in [5.74, 6) is 0.744.